The third-order valence-corrected chi connectivity index (χ3v) is 7.17. The van der Waals surface area contributed by atoms with Crippen molar-refractivity contribution in [3.8, 4) is 27.6 Å². The summed E-state index contributed by atoms with van der Waals surface area (Å²) in [5, 5.41) is 13.8. The molecular formula is C27H26N2O5S. The number of esters is 1. The Hall–Kier alpha value is -3.49. The molecule has 1 aliphatic rings. The number of carbonyl (C=O) groups excluding carboxylic acids is 1. The predicted molar refractivity (Wildman–Crippen MR) is 135 cm³/mol. The molecule has 0 bridgehead atoms. The summed E-state index contributed by atoms with van der Waals surface area (Å²) in [5.41, 5.74) is 2.58. The molecule has 180 valence electrons. The van der Waals surface area contributed by atoms with Gasteiger partial charge in [0.15, 0.2) is 0 Å². The lowest BCUT2D eigenvalue weighted by Gasteiger charge is -2.31. The Balaban J connectivity index is 1.45. The molecule has 0 spiro atoms. The van der Waals surface area contributed by atoms with Gasteiger partial charge in [0.05, 0.1) is 29.3 Å². The molecule has 3 heterocycles. The summed E-state index contributed by atoms with van der Waals surface area (Å²) in [4.78, 5) is 32.0. The molecule has 1 saturated heterocycles. The number of thiazole rings is 1. The van der Waals surface area contributed by atoms with E-state index < -0.39 is 5.63 Å². The number of benzene rings is 2. The van der Waals surface area contributed by atoms with E-state index in [0.717, 1.165) is 30.6 Å². The third-order valence-electron chi connectivity index (χ3n) is 6.29. The zero-order chi connectivity index (χ0) is 24.4. The van der Waals surface area contributed by atoms with Gasteiger partial charge in [0.2, 0.25) is 0 Å². The molecule has 0 radical (unpaired) electrons. The van der Waals surface area contributed by atoms with E-state index >= 15 is 0 Å². The molecule has 5 rings (SSSR count). The molecular weight excluding hydrogens is 464 g/mol. The highest BCUT2D eigenvalue weighted by atomic mass is 32.1. The van der Waals surface area contributed by atoms with Crippen LogP contribution in [0.15, 0.2) is 63.1 Å². The molecule has 35 heavy (non-hydrogen) atoms. The van der Waals surface area contributed by atoms with E-state index in [2.05, 4.69) is 9.88 Å². The molecule has 1 N–H and O–H groups in total. The number of ether oxygens (including phenoxy) is 1. The average molecular weight is 491 g/mol. The molecule has 1 aliphatic heterocycles. The van der Waals surface area contributed by atoms with Crippen LogP contribution < -0.4 is 5.63 Å². The first-order chi connectivity index (χ1) is 17.0. The van der Waals surface area contributed by atoms with Crippen LogP contribution in [0, 0.1) is 5.92 Å². The largest absolute Gasteiger partial charge is 0.507 e. The summed E-state index contributed by atoms with van der Waals surface area (Å²) in [6, 6.07) is 14.9. The number of likely N-dealkylation sites (tertiary alicyclic amines) is 1. The average Bonchev–Trinajstić information content (AvgIpc) is 3.37. The Bertz CT molecular complexity index is 1410. The Kier molecular flexibility index (Phi) is 6.66. The van der Waals surface area contributed by atoms with Crippen LogP contribution in [0.1, 0.15) is 25.3 Å². The van der Waals surface area contributed by atoms with Crippen LogP contribution in [-0.2, 0) is 16.1 Å². The molecule has 2 aromatic carbocycles. The van der Waals surface area contributed by atoms with Crippen molar-refractivity contribution in [3.05, 3.63) is 69.9 Å². The molecule has 0 saturated carbocycles. The van der Waals surface area contributed by atoms with Gasteiger partial charge in [0.25, 0.3) is 0 Å². The van der Waals surface area contributed by atoms with Crippen molar-refractivity contribution in [2.45, 2.75) is 26.3 Å². The molecule has 0 aliphatic carbocycles. The number of nitrogens with zero attached hydrogens (tertiary/aromatic N) is 2. The van der Waals surface area contributed by atoms with E-state index in [1.54, 1.807) is 25.1 Å². The Morgan fingerprint density at radius 2 is 2.09 bits per heavy atom. The van der Waals surface area contributed by atoms with Crippen LogP contribution >= 0.6 is 11.3 Å². The highest BCUT2D eigenvalue weighted by molar-refractivity contribution is 7.13. The molecule has 1 fully saturated rings. The summed E-state index contributed by atoms with van der Waals surface area (Å²) in [6.45, 7) is 3.86. The van der Waals surface area contributed by atoms with Crippen molar-refractivity contribution in [1.29, 1.82) is 0 Å². The van der Waals surface area contributed by atoms with Crippen LogP contribution in [0.25, 0.3) is 32.8 Å². The van der Waals surface area contributed by atoms with E-state index in [4.69, 9.17) is 9.15 Å². The van der Waals surface area contributed by atoms with E-state index in [-0.39, 0.29) is 17.6 Å². The van der Waals surface area contributed by atoms with Gasteiger partial charge in [-0.25, -0.2) is 9.78 Å². The number of hydrogen-bond acceptors (Lipinski definition) is 8. The van der Waals surface area contributed by atoms with Gasteiger partial charge in [0, 0.05) is 29.4 Å². The molecule has 8 heteroatoms. The fraction of sp³-hybridized carbons (Fsp3) is 0.296. The summed E-state index contributed by atoms with van der Waals surface area (Å²) >= 11 is 1.39. The quantitative estimate of drug-likeness (QED) is 0.298. The molecule has 0 amide bonds. The number of hydrogen-bond donors (Lipinski definition) is 1. The lowest BCUT2D eigenvalue weighted by Crippen LogP contribution is -2.39. The summed E-state index contributed by atoms with van der Waals surface area (Å²) < 4.78 is 11.0. The standard InChI is InChI=1S/C27H26N2O5S/c1-2-33-26(31)19-9-6-12-29(14-19)15-21-23(30)11-10-18-13-20(27(32)34-24(18)21)25-28-22(16-35-25)17-7-4-3-5-8-17/h3-5,7-8,10-11,13,16,19,30H,2,6,9,12,14-15H2,1H3. The predicted octanol–water partition coefficient (Wildman–Crippen LogP) is 5.06. The smallest absolute Gasteiger partial charge is 0.346 e. The van der Waals surface area contributed by atoms with Gasteiger partial charge in [-0.05, 0) is 44.5 Å². The van der Waals surface area contributed by atoms with Crippen LogP contribution in [0.3, 0.4) is 0 Å². The number of phenolic OH excluding ortho intramolecular Hbond substituents is 1. The monoisotopic (exact) mass is 490 g/mol. The lowest BCUT2D eigenvalue weighted by molar-refractivity contribution is -0.150. The van der Waals surface area contributed by atoms with Crippen molar-refractivity contribution in [1.82, 2.24) is 9.88 Å². The van der Waals surface area contributed by atoms with Gasteiger partial charge in [-0.2, -0.15) is 0 Å². The van der Waals surface area contributed by atoms with Crippen molar-refractivity contribution in [2.24, 2.45) is 5.92 Å². The van der Waals surface area contributed by atoms with E-state index in [1.165, 1.54) is 11.3 Å². The van der Waals surface area contributed by atoms with E-state index in [0.29, 0.717) is 46.8 Å². The number of phenols is 1. The summed E-state index contributed by atoms with van der Waals surface area (Å²) in [6.07, 6.45) is 1.64. The van der Waals surface area contributed by atoms with Crippen molar-refractivity contribution < 1.29 is 19.1 Å². The second-order valence-corrected chi connectivity index (χ2v) is 9.52. The minimum atomic E-state index is -0.499. The zero-order valence-corrected chi connectivity index (χ0v) is 20.2. The Labute approximate surface area is 206 Å². The summed E-state index contributed by atoms with van der Waals surface area (Å²) in [7, 11) is 0. The van der Waals surface area contributed by atoms with E-state index in [1.807, 2.05) is 35.7 Å². The SMILES string of the molecule is CCOC(=O)C1CCCN(Cc2c(O)ccc3cc(-c4nc(-c5ccccc5)cs4)c(=O)oc23)C1. The highest BCUT2D eigenvalue weighted by Gasteiger charge is 2.28. The van der Waals surface area contributed by atoms with Gasteiger partial charge in [-0.1, -0.05) is 30.3 Å². The first-order valence-electron chi connectivity index (χ1n) is 11.7. The number of rotatable bonds is 6. The van der Waals surface area contributed by atoms with E-state index in [9.17, 15) is 14.7 Å². The van der Waals surface area contributed by atoms with Gasteiger partial charge >= 0.3 is 11.6 Å². The molecule has 4 aromatic rings. The lowest BCUT2D eigenvalue weighted by atomic mass is 9.97. The number of aromatic nitrogens is 1. The second kappa shape index (κ2) is 10.0. The van der Waals surface area contributed by atoms with Crippen molar-refractivity contribution in [3.63, 3.8) is 0 Å². The Morgan fingerprint density at radius 3 is 2.89 bits per heavy atom. The van der Waals surface area contributed by atoms with Gasteiger partial charge in [-0.3, -0.25) is 9.69 Å². The topological polar surface area (TPSA) is 92.9 Å². The first kappa shape index (κ1) is 23.3. The van der Waals surface area contributed by atoms with Gasteiger partial charge < -0.3 is 14.3 Å². The zero-order valence-electron chi connectivity index (χ0n) is 19.4. The number of piperidine rings is 1. The van der Waals surface area contributed by atoms with Crippen molar-refractivity contribution >= 4 is 28.3 Å². The maximum absolute atomic E-state index is 13.0. The first-order valence-corrected chi connectivity index (χ1v) is 12.6. The highest BCUT2D eigenvalue weighted by Crippen LogP contribution is 2.33. The normalized spacial score (nSPS) is 16.4. The van der Waals surface area contributed by atoms with Crippen LogP contribution in [-0.4, -0.2) is 40.7 Å². The number of carbonyl (C=O) groups is 1. The van der Waals surface area contributed by atoms with Crippen LogP contribution in [0.5, 0.6) is 5.75 Å². The number of aromatic hydroxyl groups is 1. The molecule has 1 unspecified atom stereocenters. The molecule has 1 atom stereocenters. The van der Waals surface area contributed by atoms with Gasteiger partial charge in [-0.15, -0.1) is 11.3 Å². The number of fused-ring (bicyclic) bond motifs is 1. The summed E-state index contributed by atoms with van der Waals surface area (Å²) in [5.74, 6) is -0.316. The maximum Gasteiger partial charge on any atom is 0.346 e. The minimum Gasteiger partial charge on any atom is -0.507 e. The van der Waals surface area contributed by atoms with Crippen molar-refractivity contribution in [2.75, 3.05) is 19.7 Å². The maximum atomic E-state index is 13.0. The van der Waals surface area contributed by atoms with Crippen LogP contribution in [0.2, 0.25) is 0 Å². The third kappa shape index (κ3) is 4.85. The minimum absolute atomic E-state index is 0.0623. The fourth-order valence-corrected chi connectivity index (χ4v) is 5.38. The van der Waals surface area contributed by atoms with Gasteiger partial charge in [0.1, 0.15) is 16.3 Å². The van der Waals surface area contributed by atoms with Crippen LogP contribution in [0.4, 0.5) is 0 Å². The second-order valence-electron chi connectivity index (χ2n) is 8.66. The Morgan fingerprint density at radius 1 is 1.26 bits per heavy atom. The molecule has 2 aromatic heterocycles. The fourth-order valence-electron chi connectivity index (χ4n) is 4.55. The molecule has 7 nitrogen and oxygen atoms in total.